The number of fused-ring (bicyclic) bond motifs is 1. The number of nitrogens with one attached hydrogen (secondary N) is 8. The van der Waals surface area contributed by atoms with Crippen LogP contribution in [0.25, 0.3) is 0 Å². The molecule has 0 radical (unpaired) electrons. The first-order valence-corrected chi connectivity index (χ1v) is 37.7. The van der Waals surface area contributed by atoms with Gasteiger partial charge in [-0.1, -0.05) is 81.6 Å². The van der Waals surface area contributed by atoms with Gasteiger partial charge in [0.15, 0.2) is 0 Å². The fraction of sp³-hybridized carbons (Fsp3) is 0.623. The van der Waals surface area contributed by atoms with Crippen molar-refractivity contribution in [2.24, 2.45) is 16.7 Å². The molecule has 7 fully saturated rings. The largest absolute Gasteiger partial charge is 0.366 e. The molecule has 552 valence electrons. The molecule has 102 heavy (non-hydrogen) atoms. The molecular weight excluding hydrogens is 1300 g/mol. The highest BCUT2D eigenvalue weighted by Crippen LogP contribution is 2.40. The van der Waals surface area contributed by atoms with Crippen molar-refractivity contribution in [3.8, 4) is 0 Å². The number of rotatable bonds is 26. The molecule has 7 amide bonds. The minimum absolute atomic E-state index is 0.00150. The second-order valence-corrected chi connectivity index (χ2v) is 31.5. The average Bonchev–Trinajstić information content (AvgIpc) is 0.956. The number of carbonyl (C=O) groups is 7. The molecule has 1 saturated carbocycles. The molecule has 8 aliphatic rings. The van der Waals surface area contributed by atoms with Crippen LogP contribution in [0.1, 0.15) is 164 Å². The number of likely N-dealkylation sites (N-methyl/N-ethyl adjacent to an activating group) is 1. The molecule has 6 aliphatic heterocycles. The normalized spacial score (nSPS) is 23.7. The van der Waals surface area contributed by atoms with Crippen LogP contribution in [0.3, 0.4) is 0 Å². The number of piperazine rings is 1. The number of likely N-dealkylation sites (tertiary alicyclic amines) is 4. The molecule has 0 bridgehead atoms. The first kappa shape index (κ1) is 73.9. The highest BCUT2D eigenvalue weighted by atomic mass is 19.1. The van der Waals surface area contributed by atoms with Gasteiger partial charge in [-0.25, -0.2) is 18.7 Å². The van der Waals surface area contributed by atoms with E-state index in [4.69, 9.17) is 0 Å². The van der Waals surface area contributed by atoms with E-state index in [2.05, 4.69) is 98.1 Å². The molecule has 7 heterocycles. The molecule has 23 nitrogen and oxygen atoms in total. The quantitative estimate of drug-likeness (QED) is 0.0325. The van der Waals surface area contributed by atoms with E-state index in [1.807, 2.05) is 42.5 Å². The van der Waals surface area contributed by atoms with Gasteiger partial charge in [0, 0.05) is 102 Å². The summed E-state index contributed by atoms with van der Waals surface area (Å²) in [5.74, 6) is -1.27. The Labute approximate surface area is 599 Å². The van der Waals surface area contributed by atoms with Gasteiger partial charge in [0.05, 0.1) is 36.4 Å². The van der Waals surface area contributed by atoms with Crippen LogP contribution in [0, 0.1) is 28.4 Å². The van der Waals surface area contributed by atoms with Crippen LogP contribution in [0.15, 0.2) is 73.1 Å². The number of piperidine rings is 2. The standard InChI is InChI=1S/C77H108F2N16O7/c1-52(80-4)72(100)88-71(56-16-6-5-7-17-56)74(102)95-45-58(39-64(95)73(101)87-62-20-11-18-55-15-8-9-19-59(55)62)86-68(97)22-21-67(96)81-29-12-30-91-33-25-76(48-91)26-34-92(49-76)46-69(98)83-43-54-14-10-13-53(37-54)42-82-65-41-66(85-51-84-65)93-35-27-77(28-36-93)50-94(47-70(99)89-77)63-40-60(78)57(38-61(63)79)44-90-31-23-75(2,3)24-32-90/h8-10,13-15,19,37-38,40-41,51-52,56,58,62,64,71,80H,5-7,11-12,16-18,20-36,39,42-50H2,1-4H3,(H,81,96)(H,83,98)(H,86,97)(H,87,101)(H,88,100)(H,89,99)(H,82,84,85)/t52-,58-,62-,64-,71-,76-/m0/s1. The minimum atomic E-state index is -0.857. The van der Waals surface area contributed by atoms with Crippen LogP contribution >= 0.6 is 0 Å². The van der Waals surface area contributed by atoms with Gasteiger partial charge in [0.25, 0.3) is 0 Å². The summed E-state index contributed by atoms with van der Waals surface area (Å²) in [6, 6.07) is 17.8. The van der Waals surface area contributed by atoms with Crippen LogP contribution in [-0.4, -0.2) is 199 Å². The first-order chi connectivity index (χ1) is 49.2. The van der Waals surface area contributed by atoms with Crippen LogP contribution < -0.4 is 52.3 Å². The smallest absolute Gasteiger partial charge is 0.246 e. The van der Waals surface area contributed by atoms with Crippen molar-refractivity contribution in [3.05, 3.63) is 113 Å². The second-order valence-electron chi connectivity index (χ2n) is 31.5. The lowest BCUT2D eigenvalue weighted by atomic mass is 9.82. The van der Waals surface area contributed by atoms with E-state index in [-0.39, 0.29) is 102 Å². The maximum atomic E-state index is 15.8. The number of amides is 7. The number of carbonyl (C=O) groups excluding carboxylic acids is 7. The molecule has 2 spiro atoms. The number of hydrogen-bond donors (Lipinski definition) is 8. The number of hydrogen-bond acceptors (Lipinski definition) is 16. The number of benzene rings is 3. The molecule has 1 aromatic heterocycles. The highest BCUT2D eigenvalue weighted by Gasteiger charge is 2.47. The summed E-state index contributed by atoms with van der Waals surface area (Å²) in [4.78, 5) is 117. The molecule has 0 unspecified atom stereocenters. The van der Waals surface area contributed by atoms with Gasteiger partial charge in [-0.3, -0.25) is 43.4 Å². The van der Waals surface area contributed by atoms with Crippen molar-refractivity contribution in [1.29, 1.82) is 0 Å². The lowest BCUT2D eigenvalue weighted by molar-refractivity contribution is -0.143. The Morgan fingerprint density at radius 3 is 2.24 bits per heavy atom. The van der Waals surface area contributed by atoms with Crippen LogP contribution in [-0.2, 0) is 59.6 Å². The van der Waals surface area contributed by atoms with E-state index in [1.54, 1.807) is 23.8 Å². The zero-order valence-electron chi connectivity index (χ0n) is 60.3. The zero-order chi connectivity index (χ0) is 71.5. The molecule has 25 heteroatoms. The predicted octanol–water partition coefficient (Wildman–Crippen LogP) is 6.22. The third-order valence-electron chi connectivity index (χ3n) is 23.3. The van der Waals surface area contributed by atoms with E-state index >= 15 is 8.78 Å². The topological polar surface area (TPSA) is 261 Å². The van der Waals surface area contributed by atoms with Gasteiger partial charge in [-0.2, -0.15) is 0 Å². The lowest BCUT2D eigenvalue weighted by Gasteiger charge is -2.48. The van der Waals surface area contributed by atoms with Crippen LogP contribution in [0.5, 0.6) is 0 Å². The third kappa shape index (κ3) is 18.9. The fourth-order valence-electron chi connectivity index (χ4n) is 17.1. The van der Waals surface area contributed by atoms with Gasteiger partial charge < -0.3 is 62.1 Å². The summed E-state index contributed by atoms with van der Waals surface area (Å²) < 4.78 is 31.5. The van der Waals surface area contributed by atoms with Gasteiger partial charge in [-0.15, -0.1) is 0 Å². The van der Waals surface area contributed by atoms with Crippen LogP contribution in [0.2, 0.25) is 0 Å². The molecule has 3 aromatic carbocycles. The summed E-state index contributed by atoms with van der Waals surface area (Å²) in [5.41, 5.74) is 4.52. The summed E-state index contributed by atoms with van der Waals surface area (Å²) in [6.45, 7) is 16.0. The van der Waals surface area contributed by atoms with E-state index in [0.29, 0.717) is 76.6 Å². The Bertz CT molecular complexity index is 3630. The van der Waals surface area contributed by atoms with Gasteiger partial charge in [-0.05, 0) is 175 Å². The third-order valence-corrected chi connectivity index (χ3v) is 23.3. The monoisotopic (exact) mass is 1410 g/mol. The highest BCUT2D eigenvalue weighted by molar-refractivity contribution is 5.94. The second kappa shape index (κ2) is 33.3. The van der Waals surface area contributed by atoms with Gasteiger partial charge in [0.2, 0.25) is 41.4 Å². The molecule has 12 rings (SSSR count). The van der Waals surface area contributed by atoms with E-state index in [0.717, 1.165) is 152 Å². The summed E-state index contributed by atoms with van der Waals surface area (Å²) in [7, 11) is 1.70. The molecule has 6 atom stereocenters. The molecule has 2 aliphatic carbocycles. The number of aryl methyl sites for hydroxylation is 1. The maximum Gasteiger partial charge on any atom is 0.246 e. The Balaban J connectivity index is 0.537. The Morgan fingerprint density at radius 1 is 0.716 bits per heavy atom. The zero-order valence-corrected chi connectivity index (χ0v) is 60.3. The van der Waals surface area contributed by atoms with Gasteiger partial charge in [0.1, 0.15) is 41.7 Å². The lowest BCUT2D eigenvalue weighted by Crippen LogP contribution is -2.66. The van der Waals surface area contributed by atoms with Gasteiger partial charge >= 0.3 is 0 Å². The number of anilines is 3. The summed E-state index contributed by atoms with van der Waals surface area (Å²) in [5, 5.41) is 25.1. The van der Waals surface area contributed by atoms with E-state index < -0.39 is 41.3 Å². The Hall–Kier alpha value is -7.87. The molecule has 6 saturated heterocycles. The van der Waals surface area contributed by atoms with Crippen molar-refractivity contribution in [2.45, 2.75) is 192 Å². The number of halogens is 2. The van der Waals surface area contributed by atoms with Crippen molar-refractivity contribution >= 4 is 58.7 Å². The van der Waals surface area contributed by atoms with E-state index in [1.165, 1.54) is 24.0 Å². The Kier molecular flexibility index (Phi) is 24.1. The molecule has 4 aromatic rings. The van der Waals surface area contributed by atoms with Crippen LogP contribution in [0.4, 0.5) is 26.1 Å². The van der Waals surface area contributed by atoms with Crippen molar-refractivity contribution in [1.82, 2.24) is 66.8 Å². The number of aromatic nitrogens is 2. The molecule has 8 N–H and O–H groups in total. The SMILES string of the molecule is CN[C@@H](C)C(=O)N[C@H](C(=O)N1C[C@@H](NC(=O)CCC(=O)NCCCN2CC[C@]3(CCN(CC(=O)NCc4cccc(CNc5cc(N6CCC7(CC6)CN(c6cc(F)c(CN8CCC(C)(C)CC8)cc6F)CC(=O)N7)ncn5)c4)C3)C2)C[C@H]1C(=O)N[C@H]1CCCc2ccccc21)C1CCCCC1. The fourth-order valence-corrected chi connectivity index (χ4v) is 17.1. The average molecular weight is 1410 g/mol. The van der Waals surface area contributed by atoms with Crippen molar-refractivity contribution in [2.75, 3.05) is 114 Å². The number of nitrogens with zero attached hydrogens (tertiary/aromatic N) is 8. The van der Waals surface area contributed by atoms with Crippen molar-refractivity contribution in [3.63, 3.8) is 0 Å². The summed E-state index contributed by atoms with van der Waals surface area (Å²) >= 11 is 0. The van der Waals surface area contributed by atoms with E-state index in [9.17, 15) is 33.6 Å². The minimum Gasteiger partial charge on any atom is -0.366 e. The summed E-state index contributed by atoms with van der Waals surface area (Å²) in [6.07, 6.45) is 15.0. The predicted molar refractivity (Wildman–Crippen MR) is 388 cm³/mol. The van der Waals surface area contributed by atoms with Crippen molar-refractivity contribution < 1.29 is 42.3 Å². The Morgan fingerprint density at radius 2 is 1.45 bits per heavy atom. The first-order valence-electron chi connectivity index (χ1n) is 37.7. The molecular formula is C77H108F2N16O7. The maximum absolute atomic E-state index is 15.8.